The summed E-state index contributed by atoms with van der Waals surface area (Å²) < 4.78 is 0. The van der Waals surface area contributed by atoms with E-state index in [1.807, 2.05) is 25.1 Å². The van der Waals surface area contributed by atoms with E-state index in [9.17, 15) is 5.11 Å². The van der Waals surface area contributed by atoms with Crippen LogP contribution in [-0.2, 0) is 6.54 Å². The average molecular weight is 231 g/mol. The molecule has 0 saturated heterocycles. The SMILES string of the molecule is Cc1cccc(CNC2CC3CCC2C3)c1O. The molecule has 0 amide bonds. The topological polar surface area (TPSA) is 32.3 Å². The van der Waals surface area contributed by atoms with Gasteiger partial charge in [0.05, 0.1) is 0 Å². The first-order chi connectivity index (χ1) is 8.24. The Kier molecular flexibility index (Phi) is 2.83. The van der Waals surface area contributed by atoms with Crippen LogP contribution in [0.3, 0.4) is 0 Å². The van der Waals surface area contributed by atoms with Crippen LogP contribution in [0.4, 0.5) is 0 Å². The van der Waals surface area contributed by atoms with Gasteiger partial charge in [-0.25, -0.2) is 0 Å². The minimum Gasteiger partial charge on any atom is -0.507 e. The van der Waals surface area contributed by atoms with Crippen LogP contribution in [0.2, 0.25) is 0 Å². The zero-order valence-corrected chi connectivity index (χ0v) is 10.4. The number of hydrogen-bond donors (Lipinski definition) is 2. The molecule has 0 heterocycles. The van der Waals surface area contributed by atoms with Gasteiger partial charge in [-0.3, -0.25) is 0 Å². The molecule has 92 valence electrons. The van der Waals surface area contributed by atoms with Crippen molar-refractivity contribution in [2.75, 3.05) is 0 Å². The predicted octanol–water partition coefficient (Wildman–Crippen LogP) is 2.98. The summed E-state index contributed by atoms with van der Waals surface area (Å²) in [4.78, 5) is 0. The Morgan fingerprint density at radius 1 is 1.29 bits per heavy atom. The number of benzene rings is 1. The van der Waals surface area contributed by atoms with Crippen molar-refractivity contribution in [2.24, 2.45) is 11.8 Å². The number of aryl methyl sites for hydroxylation is 1. The van der Waals surface area contributed by atoms with Crippen LogP contribution in [0, 0.1) is 18.8 Å². The summed E-state index contributed by atoms with van der Waals surface area (Å²) in [6.45, 7) is 2.76. The molecule has 0 aromatic heterocycles. The molecule has 2 aliphatic rings. The summed E-state index contributed by atoms with van der Waals surface area (Å²) in [6.07, 6.45) is 5.62. The minimum atomic E-state index is 0.461. The van der Waals surface area contributed by atoms with E-state index in [4.69, 9.17) is 0 Å². The molecule has 2 heteroatoms. The zero-order chi connectivity index (χ0) is 11.8. The first-order valence-corrected chi connectivity index (χ1v) is 6.75. The second-order valence-corrected chi connectivity index (χ2v) is 5.74. The standard InChI is InChI=1S/C15H21NO/c1-10-3-2-4-13(15(10)17)9-16-14-8-11-5-6-12(14)7-11/h2-4,11-12,14,16-17H,5-9H2,1H3. The summed E-state index contributed by atoms with van der Waals surface area (Å²) in [7, 11) is 0. The largest absolute Gasteiger partial charge is 0.507 e. The maximum atomic E-state index is 9.96. The summed E-state index contributed by atoms with van der Waals surface area (Å²) in [5, 5.41) is 13.6. The van der Waals surface area contributed by atoms with Crippen LogP contribution in [0.25, 0.3) is 0 Å². The second-order valence-electron chi connectivity index (χ2n) is 5.74. The van der Waals surface area contributed by atoms with Crippen molar-refractivity contribution in [1.29, 1.82) is 0 Å². The highest BCUT2D eigenvalue weighted by Crippen LogP contribution is 2.44. The molecule has 1 aromatic carbocycles. The van der Waals surface area contributed by atoms with E-state index in [0.717, 1.165) is 29.5 Å². The molecule has 3 atom stereocenters. The second kappa shape index (κ2) is 4.34. The van der Waals surface area contributed by atoms with Crippen LogP contribution in [0.15, 0.2) is 18.2 Å². The van der Waals surface area contributed by atoms with Crippen LogP contribution >= 0.6 is 0 Å². The van der Waals surface area contributed by atoms with Crippen molar-refractivity contribution in [3.8, 4) is 5.75 Å². The lowest BCUT2D eigenvalue weighted by Crippen LogP contribution is -2.33. The van der Waals surface area contributed by atoms with Crippen molar-refractivity contribution in [2.45, 2.75) is 45.2 Å². The van der Waals surface area contributed by atoms with Crippen molar-refractivity contribution < 1.29 is 5.11 Å². The number of aromatic hydroxyl groups is 1. The molecule has 1 aromatic rings. The number of nitrogens with one attached hydrogen (secondary N) is 1. The van der Waals surface area contributed by atoms with Gasteiger partial charge in [0.25, 0.3) is 0 Å². The molecule has 17 heavy (non-hydrogen) atoms. The van der Waals surface area contributed by atoms with Gasteiger partial charge in [0.15, 0.2) is 0 Å². The van der Waals surface area contributed by atoms with E-state index in [2.05, 4.69) is 5.32 Å². The van der Waals surface area contributed by atoms with Crippen LogP contribution < -0.4 is 5.32 Å². The first-order valence-electron chi connectivity index (χ1n) is 6.75. The summed E-state index contributed by atoms with van der Waals surface area (Å²) in [5.74, 6) is 2.33. The molecule has 0 radical (unpaired) electrons. The quantitative estimate of drug-likeness (QED) is 0.838. The lowest BCUT2D eigenvalue weighted by molar-refractivity contribution is 0.348. The normalized spacial score (nSPS) is 31.0. The van der Waals surface area contributed by atoms with Gasteiger partial charge in [0.2, 0.25) is 0 Å². The van der Waals surface area contributed by atoms with Gasteiger partial charge >= 0.3 is 0 Å². The highest BCUT2D eigenvalue weighted by atomic mass is 16.3. The molecule has 2 saturated carbocycles. The molecule has 2 N–H and O–H groups in total. The third-order valence-electron chi connectivity index (χ3n) is 4.61. The monoisotopic (exact) mass is 231 g/mol. The van der Waals surface area contributed by atoms with E-state index in [1.165, 1.54) is 25.7 Å². The lowest BCUT2D eigenvalue weighted by Gasteiger charge is -2.23. The third-order valence-corrected chi connectivity index (χ3v) is 4.61. The van der Waals surface area contributed by atoms with Crippen LogP contribution in [0.5, 0.6) is 5.75 Å². The van der Waals surface area contributed by atoms with Gasteiger partial charge in [0.1, 0.15) is 5.75 Å². The number of rotatable bonds is 3. The van der Waals surface area contributed by atoms with Gasteiger partial charge in [-0.1, -0.05) is 24.6 Å². The predicted molar refractivity (Wildman–Crippen MR) is 68.9 cm³/mol. The highest BCUT2D eigenvalue weighted by Gasteiger charge is 2.38. The molecule has 0 spiro atoms. The first kappa shape index (κ1) is 11.1. The minimum absolute atomic E-state index is 0.461. The number of para-hydroxylation sites is 1. The maximum Gasteiger partial charge on any atom is 0.122 e. The fourth-order valence-electron chi connectivity index (χ4n) is 3.60. The number of phenolic OH excluding ortho intramolecular Hbond substituents is 1. The summed E-state index contributed by atoms with van der Waals surface area (Å²) in [5.41, 5.74) is 2.00. The summed E-state index contributed by atoms with van der Waals surface area (Å²) >= 11 is 0. The van der Waals surface area contributed by atoms with E-state index < -0.39 is 0 Å². The van der Waals surface area contributed by atoms with Gasteiger partial charge in [-0.15, -0.1) is 0 Å². The van der Waals surface area contributed by atoms with Gasteiger partial charge in [-0.05, 0) is 43.6 Å². The van der Waals surface area contributed by atoms with Crippen LogP contribution in [0.1, 0.15) is 36.8 Å². The Bertz CT molecular complexity index is 415. The smallest absolute Gasteiger partial charge is 0.122 e. The Morgan fingerprint density at radius 2 is 2.18 bits per heavy atom. The molecule has 2 fully saturated rings. The molecular formula is C15H21NO. The van der Waals surface area contributed by atoms with Crippen LogP contribution in [-0.4, -0.2) is 11.1 Å². The number of phenols is 1. The zero-order valence-electron chi connectivity index (χ0n) is 10.4. The maximum absolute atomic E-state index is 9.96. The van der Waals surface area contributed by atoms with E-state index in [0.29, 0.717) is 11.8 Å². The summed E-state index contributed by atoms with van der Waals surface area (Å²) in [6, 6.07) is 6.68. The Labute approximate surface area is 103 Å². The molecule has 2 bridgehead atoms. The van der Waals surface area contributed by atoms with E-state index >= 15 is 0 Å². The molecule has 2 nitrogen and oxygen atoms in total. The van der Waals surface area contributed by atoms with Crippen molar-refractivity contribution in [1.82, 2.24) is 5.32 Å². The Hall–Kier alpha value is -1.02. The number of fused-ring (bicyclic) bond motifs is 2. The molecule has 3 rings (SSSR count). The van der Waals surface area contributed by atoms with Crippen molar-refractivity contribution in [3.05, 3.63) is 29.3 Å². The fraction of sp³-hybridized carbons (Fsp3) is 0.600. The van der Waals surface area contributed by atoms with E-state index in [1.54, 1.807) is 0 Å². The lowest BCUT2D eigenvalue weighted by atomic mass is 9.95. The Balaban J connectivity index is 1.62. The molecule has 3 unspecified atom stereocenters. The Morgan fingerprint density at radius 3 is 2.88 bits per heavy atom. The highest BCUT2D eigenvalue weighted by molar-refractivity contribution is 5.39. The third kappa shape index (κ3) is 2.06. The van der Waals surface area contributed by atoms with Gasteiger partial charge in [-0.2, -0.15) is 0 Å². The number of hydrogen-bond acceptors (Lipinski definition) is 2. The van der Waals surface area contributed by atoms with Crippen molar-refractivity contribution in [3.63, 3.8) is 0 Å². The van der Waals surface area contributed by atoms with E-state index in [-0.39, 0.29) is 0 Å². The molecule has 2 aliphatic carbocycles. The molecular weight excluding hydrogens is 210 g/mol. The molecule has 0 aliphatic heterocycles. The average Bonchev–Trinajstić information content (AvgIpc) is 2.93. The fourth-order valence-corrected chi connectivity index (χ4v) is 3.60. The van der Waals surface area contributed by atoms with Crippen molar-refractivity contribution >= 4 is 0 Å². The van der Waals surface area contributed by atoms with Gasteiger partial charge in [0, 0.05) is 18.2 Å². The van der Waals surface area contributed by atoms with Gasteiger partial charge < -0.3 is 10.4 Å².